The van der Waals surface area contributed by atoms with Crippen LogP contribution in [0.1, 0.15) is 33.1 Å². The maximum atomic E-state index is 12.5. The van der Waals surface area contributed by atoms with Gasteiger partial charge >= 0.3 is 5.97 Å². The van der Waals surface area contributed by atoms with Crippen LogP contribution in [0.3, 0.4) is 0 Å². The van der Waals surface area contributed by atoms with E-state index in [1.54, 1.807) is 0 Å². The van der Waals surface area contributed by atoms with E-state index in [0.29, 0.717) is 6.42 Å². The highest BCUT2D eigenvalue weighted by Crippen LogP contribution is 2.36. The molecule has 0 aromatic heterocycles. The van der Waals surface area contributed by atoms with E-state index < -0.39 is 11.9 Å². The van der Waals surface area contributed by atoms with Gasteiger partial charge in [0.25, 0.3) is 0 Å². The third-order valence-electron chi connectivity index (χ3n) is 3.89. The molecular formula is C13H21NO3S. The van der Waals surface area contributed by atoms with Gasteiger partial charge in [0.15, 0.2) is 0 Å². The fourth-order valence-electron chi connectivity index (χ4n) is 2.99. The normalized spacial score (nSPS) is 31.3. The van der Waals surface area contributed by atoms with Crippen LogP contribution in [-0.4, -0.2) is 45.5 Å². The predicted molar refractivity (Wildman–Crippen MR) is 71.6 cm³/mol. The van der Waals surface area contributed by atoms with Crippen LogP contribution < -0.4 is 0 Å². The summed E-state index contributed by atoms with van der Waals surface area (Å²) < 4.78 is 0.0885. The SMILES string of the molecule is CC1(C)CN(C(=O)C2CCCC2C(=O)O)CCS1. The highest BCUT2D eigenvalue weighted by Gasteiger charge is 2.41. The van der Waals surface area contributed by atoms with Crippen molar-refractivity contribution in [2.24, 2.45) is 11.8 Å². The summed E-state index contributed by atoms with van der Waals surface area (Å²) in [5.41, 5.74) is 0. The van der Waals surface area contributed by atoms with E-state index in [9.17, 15) is 9.59 Å². The summed E-state index contributed by atoms with van der Waals surface area (Å²) >= 11 is 1.88. The molecule has 1 saturated heterocycles. The first-order valence-corrected chi connectivity index (χ1v) is 7.55. The maximum absolute atomic E-state index is 12.5. The van der Waals surface area contributed by atoms with Crippen LogP contribution in [0, 0.1) is 11.8 Å². The highest BCUT2D eigenvalue weighted by atomic mass is 32.2. The van der Waals surface area contributed by atoms with Crippen LogP contribution in [0.4, 0.5) is 0 Å². The van der Waals surface area contributed by atoms with E-state index in [4.69, 9.17) is 5.11 Å². The first kappa shape index (κ1) is 13.7. The summed E-state index contributed by atoms with van der Waals surface area (Å²) in [6.07, 6.45) is 2.25. The number of nitrogens with zero attached hydrogens (tertiary/aromatic N) is 1. The Labute approximate surface area is 112 Å². The third kappa shape index (κ3) is 2.82. The molecule has 4 nitrogen and oxygen atoms in total. The molecule has 0 spiro atoms. The number of aliphatic carboxylic acids is 1. The molecule has 0 bridgehead atoms. The van der Waals surface area contributed by atoms with Gasteiger partial charge in [-0.3, -0.25) is 9.59 Å². The van der Waals surface area contributed by atoms with Crippen LogP contribution in [0.2, 0.25) is 0 Å². The van der Waals surface area contributed by atoms with Crippen LogP contribution in [0.5, 0.6) is 0 Å². The molecule has 2 aliphatic rings. The maximum Gasteiger partial charge on any atom is 0.307 e. The van der Waals surface area contributed by atoms with Crippen molar-refractivity contribution < 1.29 is 14.7 Å². The smallest absolute Gasteiger partial charge is 0.307 e. The van der Waals surface area contributed by atoms with Gasteiger partial charge in [-0.05, 0) is 26.7 Å². The Kier molecular flexibility index (Phi) is 3.90. The Bertz CT molecular complexity index is 356. The van der Waals surface area contributed by atoms with Gasteiger partial charge in [0.1, 0.15) is 0 Å². The lowest BCUT2D eigenvalue weighted by Gasteiger charge is -2.39. The molecule has 1 aliphatic heterocycles. The summed E-state index contributed by atoms with van der Waals surface area (Å²) in [7, 11) is 0. The summed E-state index contributed by atoms with van der Waals surface area (Å²) in [6, 6.07) is 0. The van der Waals surface area contributed by atoms with E-state index in [0.717, 1.165) is 31.7 Å². The highest BCUT2D eigenvalue weighted by molar-refractivity contribution is 8.00. The Hall–Kier alpha value is -0.710. The van der Waals surface area contributed by atoms with Gasteiger partial charge in [0, 0.05) is 23.6 Å². The second-order valence-corrected chi connectivity index (χ2v) is 7.65. The molecule has 2 rings (SSSR count). The molecule has 1 heterocycles. The molecule has 2 fully saturated rings. The number of rotatable bonds is 2. The second kappa shape index (κ2) is 5.11. The lowest BCUT2D eigenvalue weighted by Crippen LogP contribution is -2.49. The second-order valence-electron chi connectivity index (χ2n) is 5.85. The molecule has 2 unspecified atom stereocenters. The van der Waals surface area contributed by atoms with Crippen molar-refractivity contribution in [3.05, 3.63) is 0 Å². The van der Waals surface area contributed by atoms with Crippen molar-refractivity contribution in [3.8, 4) is 0 Å². The van der Waals surface area contributed by atoms with Crippen molar-refractivity contribution in [1.82, 2.24) is 4.90 Å². The van der Waals surface area contributed by atoms with Crippen LogP contribution in [0.15, 0.2) is 0 Å². The van der Waals surface area contributed by atoms with Crippen molar-refractivity contribution >= 4 is 23.6 Å². The topological polar surface area (TPSA) is 57.6 Å². The number of thioether (sulfide) groups is 1. The van der Waals surface area contributed by atoms with Gasteiger partial charge in [-0.2, -0.15) is 11.8 Å². The number of hydrogen-bond donors (Lipinski definition) is 1. The largest absolute Gasteiger partial charge is 0.481 e. The van der Waals surface area contributed by atoms with Gasteiger partial charge < -0.3 is 10.0 Å². The molecule has 102 valence electrons. The Morgan fingerprint density at radius 3 is 2.56 bits per heavy atom. The third-order valence-corrected chi connectivity index (χ3v) is 5.18. The van der Waals surface area contributed by atoms with E-state index in [1.807, 2.05) is 16.7 Å². The molecule has 2 atom stereocenters. The molecule has 1 aliphatic carbocycles. The quantitative estimate of drug-likeness (QED) is 0.832. The first-order valence-electron chi connectivity index (χ1n) is 6.56. The van der Waals surface area contributed by atoms with Crippen LogP contribution in [0.25, 0.3) is 0 Å². The van der Waals surface area contributed by atoms with E-state index in [1.165, 1.54) is 0 Å². The molecule has 18 heavy (non-hydrogen) atoms. The molecule has 0 aromatic rings. The molecule has 5 heteroatoms. The molecule has 1 saturated carbocycles. The molecule has 1 amide bonds. The Morgan fingerprint density at radius 2 is 1.94 bits per heavy atom. The van der Waals surface area contributed by atoms with Crippen molar-refractivity contribution in [2.45, 2.75) is 37.9 Å². The number of amides is 1. The van der Waals surface area contributed by atoms with Crippen molar-refractivity contribution in [3.63, 3.8) is 0 Å². The van der Waals surface area contributed by atoms with Crippen molar-refractivity contribution in [1.29, 1.82) is 0 Å². The molecular weight excluding hydrogens is 250 g/mol. The zero-order valence-electron chi connectivity index (χ0n) is 11.0. The van der Waals surface area contributed by atoms with Gasteiger partial charge in [-0.1, -0.05) is 6.42 Å². The zero-order valence-corrected chi connectivity index (χ0v) is 11.8. The zero-order chi connectivity index (χ0) is 13.3. The minimum atomic E-state index is -0.809. The van der Waals surface area contributed by atoms with Gasteiger partial charge in [-0.25, -0.2) is 0 Å². The lowest BCUT2D eigenvalue weighted by atomic mass is 9.94. The number of carboxylic acid groups (broad SMARTS) is 1. The number of carbonyl (C=O) groups is 2. The molecule has 0 radical (unpaired) electrons. The fraction of sp³-hybridized carbons (Fsp3) is 0.846. The molecule has 0 aromatic carbocycles. The van der Waals surface area contributed by atoms with Gasteiger partial charge in [-0.15, -0.1) is 0 Å². The summed E-state index contributed by atoms with van der Waals surface area (Å²) in [4.78, 5) is 25.5. The van der Waals surface area contributed by atoms with Gasteiger partial charge in [0.2, 0.25) is 5.91 Å². The number of carbonyl (C=O) groups excluding carboxylic acids is 1. The van der Waals surface area contributed by atoms with E-state index >= 15 is 0 Å². The van der Waals surface area contributed by atoms with Crippen LogP contribution >= 0.6 is 11.8 Å². The minimum absolute atomic E-state index is 0.0632. The number of hydrogen-bond acceptors (Lipinski definition) is 3. The monoisotopic (exact) mass is 271 g/mol. The van der Waals surface area contributed by atoms with Crippen LogP contribution in [-0.2, 0) is 9.59 Å². The Balaban J connectivity index is 2.04. The minimum Gasteiger partial charge on any atom is -0.481 e. The summed E-state index contributed by atoms with van der Waals surface area (Å²) in [6.45, 7) is 5.77. The lowest BCUT2D eigenvalue weighted by molar-refractivity contribution is -0.149. The standard InChI is InChI=1S/C13H21NO3S/c1-13(2)8-14(6-7-18-13)11(15)9-4-3-5-10(9)12(16)17/h9-10H,3-8H2,1-2H3,(H,16,17). The van der Waals surface area contributed by atoms with Gasteiger partial charge in [0.05, 0.1) is 11.8 Å². The average molecular weight is 271 g/mol. The van der Waals surface area contributed by atoms with E-state index in [-0.39, 0.29) is 16.6 Å². The summed E-state index contributed by atoms with van der Waals surface area (Å²) in [5, 5.41) is 9.16. The van der Waals surface area contributed by atoms with E-state index in [2.05, 4.69) is 13.8 Å². The average Bonchev–Trinajstić information content (AvgIpc) is 2.75. The fourth-order valence-corrected chi connectivity index (χ4v) is 4.10. The predicted octanol–water partition coefficient (Wildman–Crippen LogP) is 1.84. The van der Waals surface area contributed by atoms with Crippen molar-refractivity contribution in [2.75, 3.05) is 18.8 Å². The summed E-state index contributed by atoms with van der Waals surface area (Å²) in [5.74, 6) is -0.551. The molecule has 1 N–H and O–H groups in total. The Morgan fingerprint density at radius 1 is 1.28 bits per heavy atom. The number of carboxylic acids is 1. The first-order chi connectivity index (χ1) is 8.41.